The second kappa shape index (κ2) is 3.51. The van der Waals surface area contributed by atoms with Crippen LogP contribution in [0.3, 0.4) is 0 Å². The maximum Gasteiger partial charge on any atom is 0.183 e. The number of ketones is 1. The van der Waals surface area contributed by atoms with Crippen LogP contribution in [0.25, 0.3) is 0 Å². The summed E-state index contributed by atoms with van der Waals surface area (Å²) in [4.78, 5) is 11.1. The molecule has 1 aromatic rings. The van der Waals surface area contributed by atoms with Crippen molar-refractivity contribution >= 4 is 33.3 Å². The van der Waals surface area contributed by atoms with Crippen LogP contribution < -0.4 is 4.74 Å². The van der Waals surface area contributed by atoms with Crippen molar-refractivity contribution in [3.05, 3.63) is 28.5 Å². The molecule has 0 fully saturated rings. The summed E-state index contributed by atoms with van der Waals surface area (Å²) in [6.07, 6.45) is 0. The van der Waals surface area contributed by atoms with Gasteiger partial charge in [0.25, 0.3) is 0 Å². The number of ether oxygens (including phenoxy) is 1. The van der Waals surface area contributed by atoms with Crippen LogP contribution in [0.2, 0.25) is 5.02 Å². The maximum absolute atomic E-state index is 12.9. The number of carbonyl (C=O) groups excluding carboxylic acids is 1. The number of Topliss-reactive ketones (excluding diaryl/α,β-unsaturated/α-hetero) is 1. The second-order valence-electron chi connectivity index (χ2n) is 2.91. The third-order valence-corrected chi connectivity index (χ3v) is 2.89. The van der Waals surface area contributed by atoms with Crippen LogP contribution in [0.5, 0.6) is 5.75 Å². The lowest BCUT2D eigenvalue weighted by Gasteiger charge is -2.21. The number of alkyl halides is 1. The third kappa shape index (κ3) is 1.53. The molecule has 0 N–H and O–H groups in total. The minimum Gasteiger partial charge on any atom is -0.490 e. The van der Waals surface area contributed by atoms with E-state index in [0.29, 0.717) is 0 Å². The molecule has 1 atom stereocenters. The Balaban J connectivity index is 2.60. The number of fused-ring (bicyclic) bond motifs is 1. The summed E-state index contributed by atoms with van der Waals surface area (Å²) in [7, 11) is 0. The topological polar surface area (TPSA) is 26.3 Å². The van der Waals surface area contributed by atoms with Crippen molar-refractivity contribution in [3.8, 4) is 5.75 Å². The van der Waals surface area contributed by atoms with Crippen molar-refractivity contribution in [2.24, 2.45) is 0 Å². The Morgan fingerprint density at radius 3 is 3.00 bits per heavy atom. The Hall–Kier alpha value is -0.610. The van der Waals surface area contributed by atoms with Gasteiger partial charge >= 0.3 is 0 Å². The van der Waals surface area contributed by atoms with Crippen molar-refractivity contribution in [3.63, 3.8) is 0 Å². The molecule has 0 amide bonds. The van der Waals surface area contributed by atoms with Crippen molar-refractivity contribution in [1.82, 2.24) is 0 Å². The molecule has 1 unspecified atom stereocenters. The molecule has 1 aliphatic heterocycles. The van der Waals surface area contributed by atoms with Gasteiger partial charge in [-0.15, -0.1) is 0 Å². The highest BCUT2D eigenvalue weighted by Crippen LogP contribution is 2.34. The standard InChI is InChI=1S/C9H5BrClFO2/c10-6-3-14-9-5(8(6)13)1-4(12)2-7(9)11/h1-2,6H,3H2. The molecule has 0 bridgehead atoms. The summed E-state index contributed by atoms with van der Waals surface area (Å²) >= 11 is 8.86. The molecule has 1 aromatic carbocycles. The fourth-order valence-corrected chi connectivity index (χ4v) is 1.93. The van der Waals surface area contributed by atoms with Crippen LogP contribution in [0.15, 0.2) is 12.1 Å². The van der Waals surface area contributed by atoms with Gasteiger partial charge in [0.05, 0.1) is 10.6 Å². The molecule has 0 saturated carbocycles. The van der Waals surface area contributed by atoms with Crippen LogP contribution in [0.4, 0.5) is 4.39 Å². The first-order valence-corrected chi connectivity index (χ1v) is 5.19. The Bertz CT molecular complexity index is 408. The predicted octanol–water partition coefficient (Wildman–Crippen LogP) is 2.82. The molecule has 5 heteroatoms. The van der Waals surface area contributed by atoms with E-state index in [-0.39, 0.29) is 28.7 Å². The SMILES string of the molecule is O=C1c2cc(F)cc(Cl)c2OCC1Br. The average Bonchev–Trinajstić information content (AvgIpc) is 2.12. The fourth-order valence-electron chi connectivity index (χ4n) is 1.29. The van der Waals surface area contributed by atoms with Crippen molar-refractivity contribution in [1.29, 1.82) is 0 Å². The highest BCUT2D eigenvalue weighted by Gasteiger charge is 2.28. The molecule has 14 heavy (non-hydrogen) atoms. The van der Waals surface area contributed by atoms with E-state index in [1.807, 2.05) is 0 Å². The summed E-state index contributed by atoms with van der Waals surface area (Å²) in [6, 6.07) is 2.26. The highest BCUT2D eigenvalue weighted by atomic mass is 79.9. The Morgan fingerprint density at radius 2 is 2.29 bits per heavy atom. The molecule has 1 aliphatic rings. The highest BCUT2D eigenvalue weighted by molar-refractivity contribution is 9.10. The number of carbonyl (C=O) groups is 1. The van der Waals surface area contributed by atoms with E-state index in [0.717, 1.165) is 12.1 Å². The van der Waals surface area contributed by atoms with Crippen molar-refractivity contribution < 1.29 is 13.9 Å². The summed E-state index contributed by atoms with van der Waals surface area (Å²) in [6.45, 7) is 0.219. The van der Waals surface area contributed by atoms with E-state index in [9.17, 15) is 9.18 Å². The molecule has 0 aliphatic carbocycles. The second-order valence-corrected chi connectivity index (χ2v) is 4.42. The van der Waals surface area contributed by atoms with Crippen molar-refractivity contribution in [2.45, 2.75) is 4.83 Å². The number of halogens is 3. The zero-order chi connectivity index (χ0) is 10.3. The van der Waals surface area contributed by atoms with Gasteiger partial charge in [-0.25, -0.2) is 4.39 Å². The zero-order valence-corrected chi connectivity index (χ0v) is 9.23. The van der Waals surface area contributed by atoms with Gasteiger partial charge in [-0.3, -0.25) is 4.79 Å². The van der Waals surface area contributed by atoms with Gasteiger partial charge in [0.1, 0.15) is 23.0 Å². The monoisotopic (exact) mass is 278 g/mol. The van der Waals surface area contributed by atoms with Crippen LogP contribution in [0.1, 0.15) is 10.4 Å². The predicted molar refractivity (Wildman–Crippen MR) is 54.0 cm³/mol. The van der Waals surface area contributed by atoms with Gasteiger partial charge in [0.2, 0.25) is 0 Å². The van der Waals surface area contributed by atoms with Crippen LogP contribution in [-0.2, 0) is 0 Å². The van der Waals surface area contributed by atoms with E-state index in [1.165, 1.54) is 0 Å². The van der Waals surface area contributed by atoms with Gasteiger partial charge in [-0.2, -0.15) is 0 Å². The Kier molecular flexibility index (Phi) is 2.49. The van der Waals surface area contributed by atoms with E-state index >= 15 is 0 Å². The fraction of sp³-hybridized carbons (Fsp3) is 0.222. The molecular weight excluding hydrogens is 274 g/mol. The van der Waals surface area contributed by atoms with E-state index < -0.39 is 10.6 Å². The quantitative estimate of drug-likeness (QED) is 0.683. The van der Waals surface area contributed by atoms with Gasteiger partial charge in [-0.05, 0) is 12.1 Å². The summed E-state index contributed by atoms with van der Waals surface area (Å²) in [5.74, 6) is -0.464. The lowest BCUT2D eigenvalue weighted by atomic mass is 10.1. The van der Waals surface area contributed by atoms with Crippen molar-refractivity contribution in [2.75, 3.05) is 6.61 Å². The van der Waals surface area contributed by atoms with E-state index in [4.69, 9.17) is 16.3 Å². The van der Waals surface area contributed by atoms with Crippen LogP contribution in [-0.4, -0.2) is 17.2 Å². The maximum atomic E-state index is 12.9. The Morgan fingerprint density at radius 1 is 1.57 bits per heavy atom. The minimum absolute atomic E-state index is 0.132. The number of benzene rings is 1. The molecule has 2 nitrogen and oxygen atoms in total. The van der Waals surface area contributed by atoms with Gasteiger partial charge in [0.15, 0.2) is 5.78 Å². The molecule has 74 valence electrons. The Labute approximate surface area is 93.1 Å². The zero-order valence-electron chi connectivity index (χ0n) is 6.89. The molecule has 0 spiro atoms. The first-order chi connectivity index (χ1) is 6.59. The molecule has 1 heterocycles. The molecule has 0 saturated heterocycles. The summed E-state index contributed by atoms with van der Waals surface area (Å²) in [5, 5.41) is 0.132. The summed E-state index contributed by atoms with van der Waals surface area (Å²) < 4.78 is 18.2. The lowest BCUT2D eigenvalue weighted by molar-refractivity contribution is 0.0945. The number of rotatable bonds is 0. The van der Waals surface area contributed by atoms with Crippen LogP contribution in [0, 0.1) is 5.82 Å². The van der Waals surface area contributed by atoms with Crippen LogP contribution >= 0.6 is 27.5 Å². The van der Waals surface area contributed by atoms with Gasteiger partial charge in [-0.1, -0.05) is 27.5 Å². The lowest BCUT2D eigenvalue weighted by Crippen LogP contribution is -2.28. The number of hydrogen-bond donors (Lipinski definition) is 0. The first kappa shape index (κ1) is 9.93. The first-order valence-electron chi connectivity index (χ1n) is 3.89. The number of hydrogen-bond acceptors (Lipinski definition) is 2. The minimum atomic E-state index is -0.535. The molecule has 2 rings (SSSR count). The molecular formula is C9H5BrClFO2. The van der Waals surface area contributed by atoms with E-state index in [1.54, 1.807) is 0 Å². The largest absolute Gasteiger partial charge is 0.490 e. The average molecular weight is 279 g/mol. The molecule has 0 radical (unpaired) electrons. The summed E-state index contributed by atoms with van der Waals surface area (Å²) in [5.41, 5.74) is 0.197. The molecule has 0 aromatic heterocycles. The van der Waals surface area contributed by atoms with Gasteiger partial charge in [0, 0.05) is 0 Å². The smallest absolute Gasteiger partial charge is 0.183 e. The van der Waals surface area contributed by atoms with Gasteiger partial charge < -0.3 is 4.74 Å². The van der Waals surface area contributed by atoms with E-state index in [2.05, 4.69) is 15.9 Å². The normalized spacial score (nSPS) is 20.2. The third-order valence-electron chi connectivity index (χ3n) is 1.93.